The van der Waals surface area contributed by atoms with Gasteiger partial charge in [-0.25, -0.2) is 0 Å². The zero-order valence-corrected chi connectivity index (χ0v) is 17.6. The van der Waals surface area contributed by atoms with Crippen LogP contribution in [0, 0.1) is 0 Å². The Labute approximate surface area is 180 Å². The average Bonchev–Trinajstić information content (AvgIpc) is 1.41. The van der Waals surface area contributed by atoms with E-state index in [4.69, 9.17) is 52.6 Å². The third kappa shape index (κ3) is 5690. The van der Waals surface area contributed by atoms with Crippen LogP contribution < -0.4 is 59.1 Å². The molecule has 0 fully saturated rings. The van der Waals surface area contributed by atoms with E-state index in [0.29, 0.717) is 0 Å². The van der Waals surface area contributed by atoms with Crippen molar-refractivity contribution in [3.05, 3.63) is 0 Å². The SMILES string of the molecule is O.O.O.O.O.O.O=S(=O)([O-])[O-].O=S(=O)([O-])[O-].O=S(=O)([O-])[O-].[H+].[H+].[H+].[H+].[Na+].[Na+]. The van der Waals surface area contributed by atoms with E-state index in [0.717, 1.165) is 0 Å². The van der Waals surface area contributed by atoms with Crippen LogP contribution in [-0.2, 0) is 31.2 Å². The van der Waals surface area contributed by atoms with Crippen molar-refractivity contribution >= 4 is 31.2 Å². The summed E-state index contributed by atoms with van der Waals surface area (Å²) in [5.74, 6) is 0. The molecule has 144 valence electrons. The second-order valence-corrected chi connectivity index (χ2v) is 3.67. The molecule has 0 amide bonds. The Morgan fingerprint density at radius 1 is 0.391 bits per heavy atom. The molecule has 0 saturated carbocycles. The summed E-state index contributed by atoms with van der Waals surface area (Å²) in [5.41, 5.74) is 0. The molecule has 0 unspecified atom stereocenters. The van der Waals surface area contributed by atoms with E-state index in [1.54, 1.807) is 0 Å². The second kappa shape index (κ2) is 31.2. The van der Waals surface area contributed by atoms with Gasteiger partial charge in [0.25, 0.3) is 0 Å². The van der Waals surface area contributed by atoms with E-state index >= 15 is 0 Å². The minimum absolute atomic E-state index is 0. The van der Waals surface area contributed by atoms with Crippen LogP contribution >= 0.6 is 0 Å². The fraction of sp³-hybridized carbons (Fsp3) is 0. The molecule has 0 bridgehead atoms. The Kier molecular flexibility index (Phi) is 101. The van der Waals surface area contributed by atoms with Crippen molar-refractivity contribution in [2.24, 2.45) is 0 Å². The summed E-state index contributed by atoms with van der Waals surface area (Å²) in [7, 11) is -15.5. The van der Waals surface area contributed by atoms with Gasteiger partial charge < -0.3 is 60.2 Å². The smallest absolute Gasteiger partial charge is 0.759 e. The first-order valence-electron chi connectivity index (χ1n) is 2.00. The van der Waals surface area contributed by atoms with Gasteiger partial charge in [0.05, 0.1) is 0 Å². The van der Waals surface area contributed by atoms with Gasteiger partial charge in [-0.3, -0.25) is 25.3 Å². The second-order valence-electron chi connectivity index (χ2n) is 1.22. The summed E-state index contributed by atoms with van der Waals surface area (Å²) in [6.07, 6.45) is 0. The zero-order valence-electron chi connectivity index (χ0n) is 15.1. The molecule has 0 heterocycles. The molecule has 0 aliphatic carbocycles. The normalized spacial score (nSPS) is 7.57. The first kappa shape index (κ1) is 74.5. The quantitative estimate of drug-likeness (QED) is 0.190. The largest absolute Gasteiger partial charge is 1.00 e. The van der Waals surface area contributed by atoms with Crippen molar-refractivity contribution in [2.45, 2.75) is 0 Å². The van der Waals surface area contributed by atoms with Crippen LogP contribution in [-0.4, -0.2) is 85.4 Å². The molecule has 23 heteroatoms. The van der Waals surface area contributed by atoms with Gasteiger partial charge in [-0.15, -0.1) is 0 Å². The van der Waals surface area contributed by atoms with Crippen molar-refractivity contribution in [3.63, 3.8) is 0 Å². The summed E-state index contributed by atoms with van der Waals surface area (Å²) in [6.45, 7) is 0. The maximum atomic E-state index is 8.52. The van der Waals surface area contributed by atoms with Crippen molar-refractivity contribution in [1.29, 1.82) is 0 Å². The third-order valence-corrected chi connectivity index (χ3v) is 0. The molecule has 0 rings (SSSR count). The molecule has 0 aromatic carbocycles. The predicted octanol–water partition coefficient (Wildman–Crippen LogP) is -14.5. The topological polar surface area (TPSA) is 430 Å². The Morgan fingerprint density at radius 2 is 0.391 bits per heavy atom. The predicted molar refractivity (Wildman–Crippen MR) is 57.6 cm³/mol. The molecule has 23 heavy (non-hydrogen) atoms. The monoisotopic (exact) mass is 446 g/mol. The standard InChI is InChI=1S/2Na.3H2O4S.6H2O/c;;3*1-5(2,3)4;;;;;;/h;;3*(H2,1,2,3,4);6*1H2/q2*+1;;;;;;;;;/p-2. The Morgan fingerprint density at radius 3 is 0.391 bits per heavy atom. The van der Waals surface area contributed by atoms with Gasteiger partial charge in [-0.05, 0) is 0 Å². The molecular weight excluding hydrogens is 430 g/mol. The third-order valence-electron chi connectivity index (χ3n) is 0. The van der Waals surface area contributed by atoms with Gasteiger partial charge in [0.15, 0.2) is 0 Å². The van der Waals surface area contributed by atoms with Crippen LogP contribution in [0.15, 0.2) is 0 Å². The van der Waals surface area contributed by atoms with Gasteiger partial charge in [-0.2, -0.15) is 0 Å². The molecule has 0 aliphatic heterocycles. The molecular formula is H16Na2O18S3. The Bertz CT molecular complexity index is 360. The summed E-state index contributed by atoms with van der Waals surface area (Å²) < 4.78 is 102. The zero-order chi connectivity index (χ0) is 13.5. The van der Waals surface area contributed by atoms with Gasteiger partial charge in [-0.1, -0.05) is 0 Å². The fourth-order valence-corrected chi connectivity index (χ4v) is 0. The van der Waals surface area contributed by atoms with Crippen molar-refractivity contribution in [2.75, 3.05) is 0 Å². The van der Waals surface area contributed by atoms with Crippen LogP contribution in [0.5, 0.6) is 0 Å². The molecule has 0 radical (unpaired) electrons. The van der Waals surface area contributed by atoms with E-state index in [-0.39, 0.29) is 97.7 Å². The van der Waals surface area contributed by atoms with Gasteiger partial charge in [0, 0.05) is 31.2 Å². The summed E-state index contributed by atoms with van der Waals surface area (Å²) in [5, 5.41) is 0. The van der Waals surface area contributed by atoms with Crippen LogP contribution in [0.2, 0.25) is 0 Å². The number of hydrogen-bond donors (Lipinski definition) is 0. The maximum Gasteiger partial charge on any atom is 1.00 e. The molecule has 18 nitrogen and oxygen atoms in total. The molecule has 0 aromatic heterocycles. The van der Waals surface area contributed by atoms with E-state index in [9.17, 15) is 0 Å². The first-order chi connectivity index (χ1) is 6.00. The van der Waals surface area contributed by atoms with E-state index in [1.807, 2.05) is 0 Å². The summed E-state index contributed by atoms with van der Waals surface area (Å²) in [6, 6.07) is 0. The first-order valence-corrected chi connectivity index (χ1v) is 6.00. The van der Waals surface area contributed by atoms with Crippen LogP contribution in [0.25, 0.3) is 0 Å². The Balaban J connectivity index is -0.00000000503. The molecule has 0 saturated heterocycles. The number of hydrogen-bond acceptors (Lipinski definition) is 12. The molecule has 0 atom stereocenters. The van der Waals surface area contributed by atoms with Crippen LogP contribution in [0.3, 0.4) is 0 Å². The van der Waals surface area contributed by atoms with Crippen LogP contribution in [0.1, 0.15) is 5.71 Å². The summed E-state index contributed by atoms with van der Waals surface area (Å²) >= 11 is 0. The van der Waals surface area contributed by atoms with E-state index < -0.39 is 31.2 Å². The van der Waals surface area contributed by atoms with Crippen molar-refractivity contribution in [1.82, 2.24) is 0 Å². The molecule has 0 aromatic rings. The van der Waals surface area contributed by atoms with Crippen molar-refractivity contribution in [3.8, 4) is 0 Å². The van der Waals surface area contributed by atoms with Gasteiger partial charge in [0.2, 0.25) is 0 Å². The minimum atomic E-state index is -5.17. The Hall–Kier alpha value is 1.37. The number of rotatable bonds is 0. The van der Waals surface area contributed by atoms with Crippen LogP contribution in [0.4, 0.5) is 0 Å². The molecule has 0 spiro atoms. The average molecular weight is 446 g/mol. The van der Waals surface area contributed by atoms with Crippen molar-refractivity contribution < 1.29 is 150 Å². The minimum Gasteiger partial charge on any atom is -0.759 e. The fourth-order valence-electron chi connectivity index (χ4n) is 0. The summed E-state index contributed by atoms with van der Waals surface area (Å²) in [4.78, 5) is 0. The van der Waals surface area contributed by atoms with Gasteiger partial charge in [0.1, 0.15) is 0 Å². The van der Waals surface area contributed by atoms with E-state index in [1.165, 1.54) is 0 Å². The van der Waals surface area contributed by atoms with Gasteiger partial charge >= 0.3 is 64.8 Å². The maximum absolute atomic E-state index is 8.52. The molecule has 0 aliphatic rings. The van der Waals surface area contributed by atoms with E-state index in [2.05, 4.69) is 0 Å². The molecule has 12 N–H and O–H groups in total.